The van der Waals surface area contributed by atoms with Crippen molar-refractivity contribution in [1.82, 2.24) is 0 Å². The zero-order valence-corrected chi connectivity index (χ0v) is 10.4. The smallest absolute Gasteiger partial charge is 0.237 e. The monoisotopic (exact) mass is 247 g/mol. The molecule has 1 aromatic carbocycles. The molecule has 0 aromatic heterocycles. The van der Waals surface area contributed by atoms with Crippen LogP contribution in [0.3, 0.4) is 0 Å². The predicted octanol–water partition coefficient (Wildman–Crippen LogP) is 2.01. The van der Waals surface area contributed by atoms with Gasteiger partial charge in [0.2, 0.25) is 5.91 Å². The molecular formula is C14H17NO3. The summed E-state index contributed by atoms with van der Waals surface area (Å²) in [7, 11) is 0. The van der Waals surface area contributed by atoms with Crippen LogP contribution in [-0.4, -0.2) is 24.4 Å². The summed E-state index contributed by atoms with van der Waals surface area (Å²) in [5, 5.41) is 2.76. The lowest BCUT2D eigenvalue weighted by molar-refractivity contribution is -0.134. The number of amides is 1. The van der Waals surface area contributed by atoms with Crippen LogP contribution in [0.5, 0.6) is 0 Å². The van der Waals surface area contributed by atoms with Gasteiger partial charge in [-0.2, -0.15) is 0 Å². The summed E-state index contributed by atoms with van der Waals surface area (Å²) in [6.07, 6.45) is 1.41. The summed E-state index contributed by atoms with van der Waals surface area (Å²) in [6.45, 7) is 2.07. The molecule has 1 aliphatic rings. The number of ether oxygens (including phenoxy) is 1. The Kier molecular flexibility index (Phi) is 4.10. The zero-order valence-electron chi connectivity index (χ0n) is 10.4. The maximum absolute atomic E-state index is 12.1. The maximum atomic E-state index is 12.1. The summed E-state index contributed by atoms with van der Waals surface area (Å²) in [6, 6.07) is 9.14. The van der Waals surface area contributed by atoms with E-state index in [1.807, 2.05) is 18.2 Å². The summed E-state index contributed by atoms with van der Waals surface area (Å²) in [4.78, 5) is 23.8. The fraction of sp³-hybridized carbons (Fsp3) is 0.429. The van der Waals surface area contributed by atoms with Gasteiger partial charge < -0.3 is 10.1 Å². The van der Waals surface area contributed by atoms with Crippen LogP contribution in [0.4, 0.5) is 5.69 Å². The molecule has 0 aliphatic carbocycles. The molecule has 1 saturated heterocycles. The highest BCUT2D eigenvalue weighted by atomic mass is 16.5. The number of rotatable bonds is 4. The Hall–Kier alpha value is -1.68. The lowest BCUT2D eigenvalue weighted by Crippen LogP contribution is -2.37. The SMILES string of the molecule is CC(=O)C(C(=O)Nc1ccccc1)C1CCCO1. The predicted molar refractivity (Wildman–Crippen MR) is 68.2 cm³/mol. The highest BCUT2D eigenvalue weighted by Gasteiger charge is 2.35. The third-order valence-electron chi connectivity index (χ3n) is 3.10. The Bertz CT molecular complexity index is 424. The number of carbonyl (C=O) groups excluding carboxylic acids is 2. The third kappa shape index (κ3) is 2.96. The van der Waals surface area contributed by atoms with Gasteiger partial charge in [0.15, 0.2) is 0 Å². The molecule has 0 saturated carbocycles. The average Bonchev–Trinajstić information content (AvgIpc) is 2.83. The maximum Gasteiger partial charge on any atom is 0.237 e. The van der Waals surface area contributed by atoms with Crippen molar-refractivity contribution in [3.05, 3.63) is 30.3 Å². The molecule has 1 heterocycles. The van der Waals surface area contributed by atoms with Gasteiger partial charge >= 0.3 is 0 Å². The van der Waals surface area contributed by atoms with Crippen molar-refractivity contribution in [1.29, 1.82) is 0 Å². The Labute approximate surface area is 106 Å². The van der Waals surface area contributed by atoms with Crippen LogP contribution in [0.15, 0.2) is 30.3 Å². The molecule has 1 aliphatic heterocycles. The fourth-order valence-electron chi connectivity index (χ4n) is 2.22. The highest BCUT2D eigenvalue weighted by molar-refractivity contribution is 6.07. The van der Waals surface area contributed by atoms with Crippen molar-refractivity contribution < 1.29 is 14.3 Å². The average molecular weight is 247 g/mol. The largest absolute Gasteiger partial charge is 0.377 e. The van der Waals surface area contributed by atoms with Crippen LogP contribution in [0.2, 0.25) is 0 Å². The second-order valence-corrected chi connectivity index (χ2v) is 4.50. The molecule has 0 spiro atoms. The summed E-state index contributed by atoms with van der Waals surface area (Å²) < 4.78 is 5.45. The minimum atomic E-state index is -0.701. The minimum Gasteiger partial charge on any atom is -0.377 e. The summed E-state index contributed by atoms with van der Waals surface area (Å²) in [5.41, 5.74) is 0.701. The van der Waals surface area contributed by atoms with E-state index in [4.69, 9.17) is 4.74 Å². The molecule has 4 heteroatoms. The van der Waals surface area contributed by atoms with Gasteiger partial charge in [-0.3, -0.25) is 9.59 Å². The fourth-order valence-corrected chi connectivity index (χ4v) is 2.22. The van der Waals surface area contributed by atoms with Gasteiger partial charge in [-0.25, -0.2) is 0 Å². The van der Waals surface area contributed by atoms with Gasteiger partial charge in [-0.05, 0) is 31.9 Å². The first-order valence-electron chi connectivity index (χ1n) is 6.16. The number of hydrogen-bond donors (Lipinski definition) is 1. The summed E-state index contributed by atoms with van der Waals surface area (Å²) in [5.74, 6) is -1.12. The molecule has 2 atom stereocenters. The Morgan fingerprint density at radius 2 is 2.06 bits per heavy atom. The number of benzene rings is 1. The lowest BCUT2D eigenvalue weighted by Gasteiger charge is -2.19. The molecule has 2 rings (SSSR count). The molecule has 0 bridgehead atoms. The Morgan fingerprint density at radius 3 is 2.61 bits per heavy atom. The number of para-hydroxylation sites is 1. The van der Waals surface area contributed by atoms with Crippen LogP contribution in [0, 0.1) is 5.92 Å². The molecule has 18 heavy (non-hydrogen) atoms. The first-order valence-corrected chi connectivity index (χ1v) is 6.16. The van der Waals surface area contributed by atoms with E-state index in [9.17, 15) is 9.59 Å². The van der Waals surface area contributed by atoms with E-state index in [1.54, 1.807) is 12.1 Å². The van der Waals surface area contributed by atoms with Gasteiger partial charge in [-0.15, -0.1) is 0 Å². The standard InChI is InChI=1S/C14H17NO3/c1-10(16)13(12-8-5-9-18-12)14(17)15-11-6-3-2-4-7-11/h2-4,6-7,12-13H,5,8-9H2,1H3,(H,15,17). The van der Waals surface area contributed by atoms with Gasteiger partial charge in [0.1, 0.15) is 11.7 Å². The van der Waals surface area contributed by atoms with Crippen LogP contribution in [-0.2, 0) is 14.3 Å². The van der Waals surface area contributed by atoms with Crippen LogP contribution in [0.25, 0.3) is 0 Å². The van der Waals surface area contributed by atoms with Crippen molar-refractivity contribution >= 4 is 17.4 Å². The lowest BCUT2D eigenvalue weighted by atomic mass is 9.95. The van der Waals surface area contributed by atoms with E-state index in [-0.39, 0.29) is 17.8 Å². The first-order chi connectivity index (χ1) is 8.68. The second kappa shape index (κ2) is 5.78. The number of carbonyl (C=O) groups is 2. The number of ketones is 1. The van der Waals surface area contributed by atoms with Gasteiger partial charge in [-0.1, -0.05) is 18.2 Å². The quantitative estimate of drug-likeness (QED) is 0.828. The minimum absolute atomic E-state index is 0.143. The van der Waals surface area contributed by atoms with E-state index in [0.717, 1.165) is 12.8 Å². The molecular weight excluding hydrogens is 230 g/mol. The highest BCUT2D eigenvalue weighted by Crippen LogP contribution is 2.22. The molecule has 1 fully saturated rings. The van der Waals surface area contributed by atoms with Crippen molar-refractivity contribution in [2.75, 3.05) is 11.9 Å². The molecule has 1 N–H and O–H groups in total. The zero-order chi connectivity index (χ0) is 13.0. The molecule has 1 aromatic rings. The Balaban J connectivity index is 2.06. The molecule has 4 nitrogen and oxygen atoms in total. The van der Waals surface area contributed by atoms with E-state index < -0.39 is 5.92 Å². The molecule has 0 radical (unpaired) electrons. The van der Waals surface area contributed by atoms with Crippen molar-refractivity contribution in [2.45, 2.75) is 25.9 Å². The van der Waals surface area contributed by atoms with Gasteiger partial charge in [0.05, 0.1) is 6.10 Å². The molecule has 2 unspecified atom stereocenters. The van der Waals surface area contributed by atoms with Crippen LogP contribution in [0.1, 0.15) is 19.8 Å². The van der Waals surface area contributed by atoms with Crippen LogP contribution >= 0.6 is 0 Å². The van der Waals surface area contributed by atoms with Gasteiger partial charge in [0.25, 0.3) is 0 Å². The third-order valence-corrected chi connectivity index (χ3v) is 3.10. The van der Waals surface area contributed by atoms with Crippen molar-refractivity contribution in [3.8, 4) is 0 Å². The van der Waals surface area contributed by atoms with Gasteiger partial charge in [0, 0.05) is 12.3 Å². The van der Waals surface area contributed by atoms with E-state index in [0.29, 0.717) is 12.3 Å². The number of anilines is 1. The number of nitrogens with one attached hydrogen (secondary N) is 1. The van der Waals surface area contributed by atoms with Crippen molar-refractivity contribution in [3.63, 3.8) is 0 Å². The van der Waals surface area contributed by atoms with E-state index in [1.165, 1.54) is 6.92 Å². The summed E-state index contributed by atoms with van der Waals surface area (Å²) >= 11 is 0. The first kappa shape index (κ1) is 12.8. The second-order valence-electron chi connectivity index (χ2n) is 4.50. The van der Waals surface area contributed by atoms with E-state index in [2.05, 4.69) is 5.32 Å². The number of Topliss-reactive ketones (excluding diaryl/α,β-unsaturated/α-hetero) is 1. The normalized spacial score (nSPS) is 20.4. The van der Waals surface area contributed by atoms with E-state index >= 15 is 0 Å². The topological polar surface area (TPSA) is 55.4 Å². The Morgan fingerprint density at radius 1 is 1.33 bits per heavy atom. The molecule has 1 amide bonds. The number of hydrogen-bond acceptors (Lipinski definition) is 3. The van der Waals surface area contributed by atoms with Crippen LogP contribution < -0.4 is 5.32 Å². The van der Waals surface area contributed by atoms with Crippen molar-refractivity contribution in [2.24, 2.45) is 5.92 Å². The molecule has 96 valence electrons.